The van der Waals surface area contributed by atoms with E-state index in [2.05, 4.69) is 50.4 Å². The Balaban J connectivity index is 1.78. The molecule has 1 aliphatic heterocycles. The van der Waals surface area contributed by atoms with Crippen molar-refractivity contribution in [2.24, 2.45) is 5.92 Å². The van der Waals surface area contributed by atoms with E-state index < -0.39 is 0 Å². The maximum absolute atomic E-state index is 12.3. The van der Waals surface area contributed by atoms with Crippen molar-refractivity contribution in [2.45, 2.75) is 44.4 Å². The van der Waals surface area contributed by atoms with Crippen LogP contribution in [0.15, 0.2) is 29.2 Å². The molecule has 0 saturated carbocycles. The molecule has 2 amide bonds. The lowest BCUT2D eigenvalue weighted by Gasteiger charge is -2.19. The SMILES string of the molecule is CC(=O)NC[C@H]1CCN(C(=O)CSc2ccc(C(C)(C)C)cc2)C1. The summed E-state index contributed by atoms with van der Waals surface area (Å²) < 4.78 is 0. The van der Waals surface area contributed by atoms with Crippen LogP contribution in [0.1, 0.15) is 39.7 Å². The zero-order valence-corrected chi connectivity index (χ0v) is 15.9. The number of benzene rings is 1. The molecule has 1 N–H and O–H groups in total. The summed E-state index contributed by atoms with van der Waals surface area (Å²) in [6.07, 6.45) is 0.969. The molecule has 0 radical (unpaired) electrons. The van der Waals surface area contributed by atoms with Crippen molar-refractivity contribution >= 4 is 23.6 Å². The van der Waals surface area contributed by atoms with E-state index in [1.807, 2.05) is 4.90 Å². The molecule has 0 spiro atoms. The zero-order valence-electron chi connectivity index (χ0n) is 15.1. The van der Waals surface area contributed by atoms with Crippen LogP contribution in [0.5, 0.6) is 0 Å². The summed E-state index contributed by atoms with van der Waals surface area (Å²) in [5, 5.41) is 2.84. The first-order chi connectivity index (χ1) is 11.3. The third kappa shape index (κ3) is 5.55. The van der Waals surface area contributed by atoms with E-state index in [-0.39, 0.29) is 17.2 Å². The van der Waals surface area contributed by atoms with Gasteiger partial charge in [-0.05, 0) is 35.4 Å². The predicted octanol–water partition coefficient (Wildman–Crippen LogP) is 3.06. The Morgan fingerprint density at radius 2 is 1.92 bits per heavy atom. The van der Waals surface area contributed by atoms with Gasteiger partial charge in [-0.3, -0.25) is 9.59 Å². The predicted molar refractivity (Wildman–Crippen MR) is 99.2 cm³/mol. The van der Waals surface area contributed by atoms with Crippen LogP contribution in [0.3, 0.4) is 0 Å². The van der Waals surface area contributed by atoms with Gasteiger partial charge >= 0.3 is 0 Å². The molecule has 1 aliphatic rings. The average Bonchev–Trinajstić information content (AvgIpc) is 2.99. The highest BCUT2D eigenvalue weighted by Gasteiger charge is 2.26. The van der Waals surface area contributed by atoms with E-state index in [4.69, 9.17) is 0 Å². The van der Waals surface area contributed by atoms with Gasteiger partial charge in [-0.15, -0.1) is 11.8 Å². The molecule has 1 atom stereocenters. The molecule has 5 heteroatoms. The van der Waals surface area contributed by atoms with E-state index in [0.717, 1.165) is 24.4 Å². The first-order valence-electron chi connectivity index (χ1n) is 8.51. The molecule has 24 heavy (non-hydrogen) atoms. The molecular weight excluding hydrogens is 320 g/mol. The lowest BCUT2D eigenvalue weighted by Crippen LogP contribution is -2.33. The minimum absolute atomic E-state index is 0.00552. The van der Waals surface area contributed by atoms with E-state index in [1.54, 1.807) is 11.8 Å². The fourth-order valence-electron chi connectivity index (χ4n) is 2.80. The molecule has 0 aliphatic carbocycles. The van der Waals surface area contributed by atoms with Gasteiger partial charge in [0.2, 0.25) is 11.8 Å². The number of thioether (sulfide) groups is 1. The number of hydrogen-bond donors (Lipinski definition) is 1. The van der Waals surface area contributed by atoms with Crippen LogP contribution in [0.4, 0.5) is 0 Å². The van der Waals surface area contributed by atoms with Crippen molar-refractivity contribution in [3.05, 3.63) is 29.8 Å². The summed E-state index contributed by atoms with van der Waals surface area (Å²) in [5.74, 6) is 1.04. The number of nitrogens with one attached hydrogen (secondary N) is 1. The van der Waals surface area contributed by atoms with Crippen molar-refractivity contribution in [3.63, 3.8) is 0 Å². The third-order valence-corrected chi connectivity index (χ3v) is 5.36. The lowest BCUT2D eigenvalue weighted by molar-refractivity contribution is -0.127. The van der Waals surface area contributed by atoms with Crippen LogP contribution < -0.4 is 5.32 Å². The van der Waals surface area contributed by atoms with Crippen LogP contribution in [0, 0.1) is 5.92 Å². The number of amides is 2. The number of hydrogen-bond acceptors (Lipinski definition) is 3. The topological polar surface area (TPSA) is 49.4 Å². The van der Waals surface area contributed by atoms with E-state index in [9.17, 15) is 9.59 Å². The summed E-state index contributed by atoms with van der Waals surface area (Å²) in [5.41, 5.74) is 1.45. The van der Waals surface area contributed by atoms with Gasteiger partial charge in [-0.1, -0.05) is 32.9 Å². The van der Waals surface area contributed by atoms with Crippen LogP contribution in [0.25, 0.3) is 0 Å². The minimum atomic E-state index is -0.00552. The number of carbonyl (C=O) groups is 2. The van der Waals surface area contributed by atoms with Crippen molar-refractivity contribution in [1.82, 2.24) is 10.2 Å². The Morgan fingerprint density at radius 3 is 2.50 bits per heavy atom. The first-order valence-corrected chi connectivity index (χ1v) is 9.50. The summed E-state index contributed by atoms with van der Waals surface area (Å²) in [6, 6.07) is 8.49. The summed E-state index contributed by atoms with van der Waals surface area (Å²) >= 11 is 1.59. The van der Waals surface area contributed by atoms with Gasteiger partial charge in [-0.2, -0.15) is 0 Å². The largest absolute Gasteiger partial charge is 0.356 e. The highest BCUT2D eigenvalue weighted by molar-refractivity contribution is 8.00. The van der Waals surface area contributed by atoms with Gasteiger partial charge in [0.15, 0.2) is 0 Å². The number of likely N-dealkylation sites (tertiary alicyclic amines) is 1. The van der Waals surface area contributed by atoms with E-state index in [1.165, 1.54) is 12.5 Å². The number of nitrogens with zero attached hydrogens (tertiary/aromatic N) is 1. The molecule has 4 nitrogen and oxygen atoms in total. The molecule has 0 unspecified atom stereocenters. The van der Waals surface area contributed by atoms with Crippen molar-refractivity contribution < 1.29 is 9.59 Å². The van der Waals surface area contributed by atoms with Crippen LogP contribution in [0.2, 0.25) is 0 Å². The normalized spacial score (nSPS) is 17.8. The minimum Gasteiger partial charge on any atom is -0.356 e. The Bertz CT molecular complexity index is 578. The zero-order chi connectivity index (χ0) is 17.7. The average molecular weight is 349 g/mol. The quantitative estimate of drug-likeness (QED) is 0.832. The fourth-order valence-corrected chi connectivity index (χ4v) is 3.60. The molecule has 1 heterocycles. The smallest absolute Gasteiger partial charge is 0.232 e. The highest BCUT2D eigenvalue weighted by atomic mass is 32.2. The van der Waals surface area contributed by atoms with Gasteiger partial charge in [0.25, 0.3) is 0 Å². The summed E-state index contributed by atoms with van der Waals surface area (Å²) in [6.45, 7) is 10.3. The first kappa shape index (κ1) is 18.8. The molecule has 1 fully saturated rings. The second-order valence-corrected chi connectivity index (χ2v) is 8.54. The second kappa shape index (κ2) is 8.06. The standard InChI is InChI=1S/C19H28N2O2S/c1-14(22)20-11-15-9-10-21(12-15)18(23)13-24-17-7-5-16(6-8-17)19(2,3)4/h5-8,15H,9-13H2,1-4H3,(H,20,22)/t15-/m1/s1. The van der Waals surface area contributed by atoms with Crippen LogP contribution >= 0.6 is 11.8 Å². The molecule has 1 saturated heterocycles. The van der Waals surface area contributed by atoms with Gasteiger partial charge in [0.05, 0.1) is 5.75 Å². The van der Waals surface area contributed by atoms with Gasteiger partial charge in [0, 0.05) is 31.5 Å². The fraction of sp³-hybridized carbons (Fsp3) is 0.579. The van der Waals surface area contributed by atoms with Crippen molar-refractivity contribution in [2.75, 3.05) is 25.4 Å². The molecule has 0 bridgehead atoms. The molecular formula is C19H28N2O2S. The van der Waals surface area contributed by atoms with E-state index >= 15 is 0 Å². The third-order valence-electron chi connectivity index (χ3n) is 4.36. The van der Waals surface area contributed by atoms with Gasteiger partial charge < -0.3 is 10.2 Å². The second-order valence-electron chi connectivity index (χ2n) is 7.49. The molecule has 0 aromatic heterocycles. The maximum Gasteiger partial charge on any atom is 0.232 e. The van der Waals surface area contributed by atoms with Gasteiger partial charge in [0.1, 0.15) is 0 Å². The Hall–Kier alpha value is -1.49. The Labute approximate surface area is 149 Å². The van der Waals surface area contributed by atoms with E-state index in [0.29, 0.717) is 18.2 Å². The van der Waals surface area contributed by atoms with Crippen LogP contribution in [-0.2, 0) is 15.0 Å². The van der Waals surface area contributed by atoms with Crippen molar-refractivity contribution in [3.8, 4) is 0 Å². The number of rotatable bonds is 5. The lowest BCUT2D eigenvalue weighted by atomic mass is 9.87. The van der Waals surface area contributed by atoms with Crippen molar-refractivity contribution in [1.29, 1.82) is 0 Å². The molecule has 1 aromatic rings. The van der Waals surface area contributed by atoms with Crippen LogP contribution in [-0.4, -0.2) is 42.1 Å². The highest BCUT2D eigenvalue weighted by Crippen LogP contribution is 2.26. The summed E-state index contributed by atoms with van der Waals surface area (Å²) in [7, 11) is 0. The number of carbonyl (C=O) groups excluding carboxylic acids is 2. The Morgan fingerprint density at radius 1 is 1.25 bits per heavy atom. The molecule has 132 valence electrons. The summed E-state index contributed by atoms with van der Waals surface area (Å²) in [4.78, 5) is 26.4. The molecule has 2 rings (SSSR count). The maximum atomic E-state index is 12.3. The monoisotopic (exact) mass is 348 g/mol. The Kier molecular flexibility index (Phi) is 6.33. The van der Waals surface area contributed by atoms with Gasteiger partial charge in [-0.25, -0.2) is 0 Å². The molecule has 1 aromatic carbocycles.